The number of aromatic nitrogens is 2. The predicted octanol–water partition coefficient (Wildman–Crippen LogP) is 3.60. The molecule has 1 saturated carbocycles. The summed E-state index contributed by atoms with van der Waals surface area (Å²) < 4.78 is 13.1. The highest BCUT2D eigenvalue weighted by Crippen LogP contribution is 2.27. The Hall–Kier alpha value is -2.21. The minimum Gasteiger partial charge on any atom is -0.348 e. The van der Waals surface area contributed by atoms with Gasteiger partial charge in [0.15, 0.2) is 0 Å². The summed E-state index contributed by atoms with van der Waals surface area (Å²) in [5.41, 5.74) is 2.65. The van der Waals surface area contributed by atoms with E-state index in [1.807, 2.05) is 18.2 Å². The molecule has 144 valence electrons. The number of carbonyl (C=O) groups excluding carboxylic acids is 1. The predicted molar refractivity (Wildman–Crippen MR) is 102 cm³/mol. The number of piperidine rings is 1. The molecule has 0 radical (unpaired) electrons. The highest BCUT2D eigenvalue weighted by Gasteiger charge is 2.25. The van der Waals surface area contributed by atoms with Gasteiger partial charge in [-0.05, 0) is 56.0 Å². The van der Waals surface area contributed by atoms with Crippen molar-refractivity contribution in [2.75, 3.05) is 13.1 Å². The van der Waals surface area contributed by atoms with E-state index in [0.29, 0.717) is 17.7 Å². The maximum atomic E-state index is 13.1. The molecule has 2 aliphatic rings. The number of nitrogens with zero attached hydrogens (tertiary/aromatic N) is 2. The lowest BCUT2D eigenvalue weighted by molar-refractivity contribution is 0.0933. The van der Waals surface area contributed by atoms with Crippen LogP contribution < -0.4 is 5.32 Å². The van der Waals surface area contributed by atoms with Gasteiger partial charge in [0.1, 0.15) is 11.5 Å². The number of hydrogen-bond donors (Lipinski definition) is 2. The van der Waals surface area contributed by atoms with Crippen molar-refractivity contribution < 1.29 is 9.18 Å². The maximum Gasteiger partial charge on any atom is 0.271 e. The molecule has 1 aromatic heterocycles. The zero-order valence-corrected chi connectivity index (χ0v) is 15.6. The number of rotatable bonds is 5. The number of nitrogens with one attached hydrogen (secondary N) is 2. The highest BCUT2D eigenvalue weighted by molar-refractivity contribution is 5.92. The minimum absolute atomic E-state index is 0.0663. The smallest absolute Gasteiger partial charge is 0.271 e. The average Bonchev–Trinajstić information content (AvgIpc) is 3.36. The van der Waals surface area contributed by atoms with Gasteiger partial charge in [-0.3, -0.25) is 14.8 Å². The number of aromatic amines is 1. The molecule has 1 amide bonds. The first kappa shape index (κ1) is 18.2. The monoisotopic (exact) mass is 370 g/mol. The van der Waals surface area contributed by atoms with E-state index in [4.69, 9.17) is 0 Å². The Morgan fingerprint density at radius 1 is 1.19 bits per heavy atom. The lowest BCUT2D eigenvalue weighted by atomic mass is 9.94. The molecule has 1 saturated heterocycles. The van der Waals surface area contributed by atoms with E-state index in [-0.39, 0.29) is 11.7 Å². The Morgan fingerprint density at radius 2 is 1.96 bits per heavy atom. The van der Waals surface area contributed by atoms with E-state index < -0.39 is 0 Å². The fourth-order valence-electron chi connectivity index (χ4n) is 4.29. The van der Waals surface area contributed by atoms with Gasteiger partial charge in [-0.1, -0.05) is 25.0 Å². The standard InChI is InChI=1S/C21H27FN4O/c22-17-9-7-15(8-10-17)13-26-11-3-4-16(14-26)19-12-20(25-24-19)21(27)23-18-5-1-2-6-18/h7-10,12,16,18H,1-6,11,13-14H2,(H,23,27)(H,24,25)/t16-/m0/s1. The molecular formula is C21H27FN4O. The molecule has 27 heavy (non-hydrogen) atoms. The Kier molecular flexibility index (Phi) is 5.53. The Morgan fingerprint density at radius 3 is 2.74 bits per heavy atom. The van der Waals surface area contributed by atoms with Crippen LogP contribution in [0.4, 0.5) is 4.39 Å². The number of carbonyl (C=O) groups is 1. The van der Waals surface area contributed by atoms with Gasteiger partial charge in [-0.2, -0.15) is 5.10 Å². The minimum atomic E-state index is -0.198. The maximum absolute atomic E-state index is 13.1. The van der Waals surface area contributed by atoms with Gasteiger partial charge >= 0.3 is 0 Å². The van der Waals surface area contributed by atoms with Crippen LogP contribution in [0, 0.1) is 5.82 Å². The average molecular weight is 370 g/mol. The molecule has 1 atom stereocenters. The molecule has 2 heterocycles. The summed E-state index contributed by atoms with van der Waals surface area (Å²) in [6, 6.07) is 8.94. The SMILES string of the molecule is O=C(NC1CCCC1)c1cc([C@H]2CCCN(Cc3ccc(F)cc3)C2)[nH]n1. The third kappa shape index (κ3) is 4.56. The van der Waals surface area contributed by atoms with E-state index >= 15 is 0 Å². The molecule has 0 bridgehead atoms. The zero-order valence-electron chi connectivity index (χ0n) is 15.6. The van der Waals surface area contributed by atoms with Crippen LogP contribution in [0.15, 0.2) is 30.3 Å². The molecule has 1 aromatic carbocycles. The fourth-order valence-corrected chi connectivity index (χ4v) is 4.29. The Balaban J connectivity index is 1.36. The lowest BCUT2D eigenvalue weighted by Gasteiger charge is -2.32. The van der Waals surface area contributed by atoms with Crippen LogP contribution >= 0.6 is 0 Å². The van der Waals surface area contributed by atoms with Crippen molar-refractivity contribution in [1.29, 1.82) is 0 Å². The van der Waals surface area contributed by atoms with Gasteiger partial charge in [-0.15, -0.1) is 0 Å². The first-order valence-corrected chi connectivity index (χ1v) is 10.0. The molecule has 2 N–H and O–H groups in total. The van der Waals surface area contributed by atoms with Crippen molar-refractivity contribution in [3.8, 4) is 0 Å². The molecule has 0 unspecified atom stereocenters. The summed E-state index contributed by atoms with van der Waals surface area (Å²) in [7, 11) is 0. The van der Waals surface area contributed by atoms with Gasteiger partial charge < -0.3 is 5.32 Å². The second-order valence-corrected chi connectivity index (χ2v) is 7.86. The zero-order chi connectivity index (χ0) is 18.6. The third-order valence-electron chi connectivity index (χ3n) is 5.79. The van der Waals surface area contributed by atoms with Crippen LogP contribution in [-0.4, -0.2) is 40.1 Å². The van der Waals surface area contributed by atoms with E-state index in [2.05, 4.69) is 20.4 Å². The number of amides is 1. The van der Waals surface area contributed by atoms with Crippen LogP contribution in [0.2, 0.25) is 0 Å². The molecule has 6 heteroatoms. The second-order valence-electron chi connectivity index (χ2n) is 7.86. The van der Waals surface area contributed by atoms with Crippen LogP contribution in [0.3, 0.4) is 0 Å². The van der Waals surface area contributed by atoms with Gasteiger partial charge in [0, 0.05) is 30.7 Å². The van der Waals surface area contributed by atoms with Crippen molar-refractivity contribution in [3.05, 3.63) is 53.1 Å². The van der Waals surface area contributed by atoms with E-state index in [9.17, 15) is 9.18 Å². The summed E-state index contributed by atoms with van der Waals surface area (Å²) >= 11 is 0. The van der Waals surface area contributed by atoms with Crippen molar-refractivity contribution in [2.24, 2.45) is 0 Å². The van der Waals surface area contributed by atoms with Gasteiger partial charge in [0.05, 0.1) is 0 Å². The van der Waals surface area contributed by atoms with Crippen molar-refractivity contribution in [2.45, 2.75) is 57.0 Å². The Labute approximate surface area is 159 Å². The number of H-pyrrole nitrogens is 1. The van der Waals surface area contributed by atoms with Gasteiger partial charge in [-0.25, -0.2) is 4.39 Å². The lowest BCUT2D eigenvalue weighted by Crippen LogP contribution is -2.34. The Bertz CT molecular complexity index is 767. The summed E-state index contributed by atoms with van der Waals surface area (Å²) in [4.78, 5) is 14.8. The molecule has 2 fully saturated rings. The van der Waals surface area contributed by atoms with Crippen molar-refractivity contribution in [3.63, 3.8) is 0 Å². The summed E-state index contributed by atoms with van der Waals surface area (Å²) in [6.45, 7) is 2.78. The number of hydrogen-bond acceptors (Lipinski definition) is 3. The topological polar surface area (TPSA) is 61.0 Å². The molecular weight excluding hydrogens is 343 g/mol. The number of benzene rings is 1. The van der Waals surface area contributed by atoms with Gasteiger partial charge in [0.2, 0.25) is 0 Å². The number of halogens is 1. The second kappa shape index (κ2) is 8.21. The summed E-state index contributed by atoms with van der Waals surface area (Å²) in [6.07, 6.45) is 6.74. The van der Waals surface area contributed by atoms with Crippen LogP contribution in [0.1, 0.15) is 66.2 Å². The van der Waals surface area contributed by atoms with Crippen LogP contribution in [-0.2, 0) is 6.54 Å². The van der Waals surface area contributed by atoms with Gasteiger partial charge in [0.25, 0.3) is 5.91 Å². The molecule has 1 aliphatic heterocycles. The largest absolute Gasteiger partial charge is 0.348 e. The molecule has 2 aromatic rings. The van der Waals surface area contributed by atoms with Crippen LogP contribution in [0.25, 0.3) is 0 Å². The quantitative estimate of drug-likeness (QED) is 0.845. The van der Waals surface area contributed by atoms with Crippen molar-refractivity contribution >= 4 is 5.91 Å². The van der Waals surface area contributed by atoms with Crippen LogP contribution in [0.5, 0.6) is 0 Å². The highest BCUT2D eigenvalue weighted by atomic mass is 19.1. The fraction of sp³-hybridized carbons (Fsp3) is 0.524. The van der Waals surface area contributed by atoms with Crippen molar-refractivity contribution in [1.82, 2.24) is 20.4 Å². The first-order chi connectivity index (χ1) is 13.2. The molecule has 4 rings (SSSR count). The first-order valence-electron chi connectivity index (χ1n) is 10.0. The van der Waals surface area contributed by atoms with E-state index in [0.717, 1.165) is 56.6 Å². The number of likely N-dealkylation sites (tertiary alicyclic amines) is 1. The van der Waals surface area contributed by atoms with E-state index in [1.165, 1.54) is 25.0 Å². The van der Waals surface area contributed by atoms with E-state index in [1.54, 1.807) is 0 Å². The normalized spacial score (nSPS) is 21.4. The summed E-state index contributed by atoms with van der Waals surface area (Å²) in [5.74, 6) is 0.0826. The molecule has 5 nitrogen and oxygen atoms in total. The third-order valence-corrected chi connectivity index (χ3v) is 5.79. The molecule has 0 spiro atoms. The summed E-state index contributed by atoms with van der Waals surface area (Å²) in [5, 5.41) is 10.4. The molecule has 1 aliphatic carbocycles.